The predicted molar refractivity (Wildman–Crippen MR) is 132 cm³/mol. The first-order valence-corrected chi connectivity index (χ1v) is 12.5. The first-order chi connectivity index (χ1) is 17.3. The highest BCUT2D eigenvalue weighted by atomic mass is 16.5. The highest BCUT2D eigenvalue weighted by molar-refractivity contribution is 6.46. The molecule has 8 nitrogen and oxygen atoms in total. The number of Topliss-reactive ketones (excluding diaryl/α,β-unsaturated/α-hetero) is 1. The molecule has 0 aliphatic carbocycles. The molecule has 192 valence electrons. The Morgan fingerprint density at radius 1 is 1.17 bits per heavy atom. The maximum absolute atomic E-state index is 13.8. The molecule has 1 atom stereocenters. The highest BCUT2D eigenvalue weighted by Crippen LogP contribution is 2.39. The SMILES string of the molecule is Cc1cc(OCC(C)C)ccc1/C([O-])=C1\C(=O)C(=O)N(CC[NH+]2CCOCC2)C1c1ccc(O)cc1. The van der Waals surface area contributed by atoms with E-state index in [2.05, 4.69) is 13.8 Å². The van der Waals surface area contributed by atoms with E-state index in [0.717, 1.165) is 13.1 Å². The number of ether oxygens (including phenoxy) is 2. The first-order valence-electron chi connectivity index (χ1n) is 12.5. The number of morpholine rings is 1. The number of nitrogens with one attached hydrogen (secondary N) is 1. The average Bonchev–Trinajstić information content (AvgIpc) is 3.12. The molecule has 0 saturated carbocycles. The fourth-order valence-electron chi connectivity index (χ4n) is 4.68. The van der Waals surface area contributed by atoms with Gasteiger partial charge < -0.3 is 29.5 Å². The standard InChI is InChI=1S/C28H34N2O6/c1-18(2)17-36-22-8-9-23(19(3)16-22)26(32)24-25(20-4-6-21(31)7-5-20)30(28(34)27(24)33)11-10-29-12-14-35-15-13-29/h4-9,16,18,25,31-32H,10-15,17H2,1-3H3/b26-24+. The van der Waals surface area contributed by atoms with Gasteiger partial charge in [0, 0.05) is 5.57 Å². The van der Waals surface area contributed by atoms with Gasteiger partial charge in [0.1, 0.15) is 24.6 Å². The summed E-state index contributed by atoms with van der Waals surface area (Å²) in [6.45, 7) is 10.4. The Labute approximate surface area is 211 Å². The van der Waals surface area contributed by atoms with Gasteiger partial charge in [0.05, 0.1) is 39.0 Å². The van der Waals surface area contributed by atoms with E-state index >= 15 is 0 Å². The third-order valence-electron chi connectivity index (χ3n) is 6.67. The van der Waals surface area contributed by atoms with Crippen LogP contribution in [0.5, 0.6) is 11.5 Å². The molecule has 2 saturated heterocycles. The number of aromatic hydroxyl groups is 1. The van der Waals surface area contributed by atoms with Crippen molar-refractivity contribution in [1.82, 2.24) is 4.90 Å². The van der Waals surface area contributed by atoms with Gasteiger partial charge in [-0.1, -0.05) is 37.8 Å². The number of carbonyl (C=O) groups is 2. The Bertz CT molecular complexity index is 1140. The van der Waals surface area contributed by atoms with Gasteiger partial charge in [0.2, 0.25) is 5.78 Å². The van der Waals surface area contributed by atoms with E-state index < -0.39 is 23.5 Å². The van der Waals surface area contributed by atoms with E-state index in [4.69, 9.17) is 9.47 Å². The number of hydrogen-bond acceptors (Lipinski definition) is 6. The number of rotatable bonds is 8. The second-order valence-electron chi connectivity index (χ2n) is 9.86. The number of likely N-dealkylation sites (tertiary alicyclic amines) is 1. The normalized spacial score (nSPS) is 20.3. The molecule has 0 spiro atoms. The molecule has 2 fully saturated rings. The molecule has 0 aromatic heterocycles. The average molecular weight is 495 g/mol. The van der Waals surface area contributed by atoms with Gasteiger partial charge in [-0.15, -0.1) is 0 Å². The number of aryl methyl sites for hydroxylation is 1. The molecule has 0 radical (unpaired) electrons. The van der Waals surface area contributed by atoms with Crippen LogP contribution in [-0.4, -0.2) is 67.7 Å². The zero-order valence-electron chi connectivity index (χ0n) is 21.1. The maximum Gasteiger partial charge on any atom is 0.295 e. The lowest BCUT2D eigenvalue weighted by Crippen LogP contribution is -3.14. The lowest BCUT2D eigenvalue weighted by molar-refractivity contribution is -0.907. The number of phenolic OH excluding ortho intramolecular Hbond substituents is 1. The summed E-state index contributed by atoms with van der Waals surface area (Å²) < 4.78 is 11.2. The Balaban J connectivity index is 1.70. The van der Waals surface area contributed by atoms with Crippen molar-refractivity contribution in [2.75, 3.05) is 46.0 Å². The van der Waals surface area contributed by atoms with E-state index in [-0.39, 0.29) is 11.3 Å². The number of quaternary nitrogens is 1. The van der Waals surface area contributed by atoms with Crippen molar-refractivity contribution in [2.24, 2.45) is 5.92 Å². The third-order valence-corrected chi connectivity index (χ3v) is 6.67. The van der Waals surface area contributed by atoms with Crippen LogP contribution in [0.1, 0.15) is 36.6 Å². The Hall–Kier alpha value is -3.36. The van der Waals surface area contributed by atoms with Gasteiger partial charge in [0.25, 0.3) is 5.91 Å². The molecule has 2 heterocycles. The van der Waals surface area contributed by atoms with Crippen molar-refractivity contribution in [3.63, 3.8) is 0 Å². The van der Waals surface area contributed by atoms with Gasteiger partial charge in [-0.3, -0.25) is 9.59 Å². The zero-order valence-corrected chi connectivity index (χ0v) is 21.1. The van der Waals surface area contributed by atoms with Gasteiger partial charge in [-0.05, 0) is 53.8 Å². The predicted octanol–water partition coefficient (Wildman–Crippen LogP) is 0.875. The van der Waals surface area contributed by atoms with E-state index in [1.165, 1.54) is 21.9 Å². The van der Waals surface area contributed by atoms with Gasteiger partial charge in [-0.2, -0.15) is 0 Å². The van der Waals surface area contributed by atoms with Crippen LogP contribution in [0.25, 0.3) is 5.76 Å². The minimum atomic E-state index is -0.810. The summed E-state index contributed by atoms with van der Waals surface area (Å²) in [5.74, 6) is -0.810. The van der Waals surface area contributed by atoms with Crippen LogP contribution in [0.2, 0.25) is 0 Å². The molecule has 1 unspecified atom stereocenters. The summed E-state index contributed by atoms with van der Waals surface area (Å²) in [5, 5.41) is 23.5. The maximum atomic E-state index is 13.8. The molecule has 2 N–H and O–H groups in total. The summed E-state index contributed by atoms with van der Waals surface area (Å²) in [4.78, 5) is 29.2. The van der Waals surface area contributed by atoms with Crippen LogP contribution < -0.4 is 14.7 Å². The fourth-order valence-corrected chi connectivity index (χ4v) is 4.68. The quantitative estimate of drug-likeness (QED) is 0.321. The number of benzene rings is 2. The number of amides is 1. The Morgan fingerprint density at radius 3 is 2.50 bits per heavy atom. The van der Waals surface area contributed by atoms with Crippen molar-refractivity contribution in [3.8, 4) is 11.5 Å². The minimum absolute atomic E-state index is 0.0541. The fraction of sp³-hybridized carbons (Fsp3) is 0.429. The lowest BCUT2D eigenvalue weighted by atomic mass is 9.94. The van der Waals surface area contributed by atoms with Gasteiger partial charge in [-0.25, -0.2) is 0 Å². The van der Waals surface area contributed by atoms with Crippen LogP contribution >= 0.6 is 0 Å². The molecule has 2 aromatic carbocycles. The van der Waals surface area contributed by atoms with Crippen molar-refractivity contribution >= 4 is 17.4 Å². The van der Waals surface area contributed by atoms with Crippen molar-refractivity contribution < 1.29 is 34.2 Å². The highest BCUT2D eigenvalue weighted by Gasteiger charge is 2.44. The number of carbonyl (C=O) groups excluding carboxylic acids is 2. The topological polar surface area (TPSA) is 104 Å². The monoisotopic (exact) mass is 494 g/mol. The van der Waals surface area contributed by atoms with Crippen LogP contribution in [-0.2, 0) is 14.3 Å². The number of nitrogens with zero attached hydrogens (tertiary/aromatic N) is 1. The summed E-state index contributed by atoms with van der Waals surface area (Å²) in [5.41, 5.74) is 1.60. The molecule has 1 amide bonds. The number of ketones is 1. The zero-order chi connectivity index (χ0) is 25.8. The van der Waals surface area contributed by atoms with Gasteiger partial charge in [0.15, 0.2) is 0 Å². The largest absolute Gasteiger partial charge is 0.872 e. The third kappa shape index (κ3) is 5.55. The molecule has 36 heavy (non-hydrogen) atoms. The summed E-state index contributed by atoms with van der Waals surface area (Å²) in [6, 6.07) is 10.7. The lowest BCUT2D eigenvalue weighted by Gasteiger charge is -2.30. The molecule has 2 aliphatic heterocycles. The van der Waals surface area contributed by atoms with Crippen LogP contribution in [0.4, 0.5) is 0 Å². The van der Waals surface area contributed by atoms with E-state index in [1.54, 1.807) is 37.3 Å². The van der Waals surface area contributed by atoms with Crippen LogP contribution in [0.3, 0.4) is 0 Å². The molecule has 2 aliphatic rings. The number of phenols is 1. The smallest absolute Gasteiger partial charge is 0.295 e. The summed E-state index contributed by atoms with van der Waals surface area (Å²) in [6.07, 6.45) is 0. The van der Waals surface area contributed by atoms with Crippen molar-refractivity contribution in [3.05, 3.63) is 64.7 Å². The Morgan fingerprint density at radius 2 is 1.86 bits per heavy atom. The van der Waals surface area contributed by atoms with E-state index in [0.29, 0.717) is 61.3 Å². The van der Waals surface area contributed by atoms with E-state index in [1.807, 2.05) is 0 Å². The van der Waals surface area contributed by atoms with Crippen molar-refractivity contribution in [1.29, 1.82) is 0 Å². The van der Waals surface area contributed by atoms with Crippen LogP contribution in [0, 0.1) is 12.8 Å². The van der Waals surface area contributed by atoms with Gasteiger partial charge >= 0.3 is 0 Å². The molecule has 0 bridgehead atoms. The molecule has 8 heteroatoms. The second-order valence-corrected chi connectivity index (χ2v) is 9.86. The minimum Gasteiger partial charge on any atom is -0.872 e. The second kappa shape index (κ2) is 11.1. The summed E-state index contributed by atoms with van der Waals surface area (Å²) in [7, 11) is 0. The molecule has 2 aromatic rings. The number of hydrogen-bond donors (Lipinski definition) is 2. The summed E-state index contributed by atoms with van der Waals surface area (Å²) >= 11 is 0. The Kier molecular flexibility index (Phi) is 7.96. The van der Waals surface area contributed by atoms with Crippen LogP contribution in [0.15, 0.2) is 48.0 Å². The first kappa shape index (κ1) is 25.7. The van der Waals surface area contributed by atoms with E-state index in [9.17, 15) is 19.8 Å². The van der Waals surface area contributed by atoms with Crippen molar-refractivity contribution in [2.45, 2.75) is 26.8 Å². The molecule has 4 rings (SSSR count). The molecular formula is C28H34N2O6. The molecular weight excluding hydrogens is 460 g/mol.